The van der Waals surface area contributed by atoms with Gasteiger partial charge in [0, 0.05) is 6.20 Å². The Bertz CT molecular complexity index is 556. The standard InChI is InChI=1S/C18H26N2O/c1-5-16(6-2)20-12-11-15(19-20)13-21-18-10-8-7-9-17(18)14(3)4/h7-12,14,16H,5-6,13H2,1-4H3. The van der Waals surface area contributed by atoms with Gasteiger partial charge in [-0.25, -0.2) is 0 Å². The van der Waals surface area contributed by atoms with Crippen molar-refractivity contribution in [2.75, 3.05) is 0 Å². The van der Waals surface area contributed by atoms with Gasteiger partial charge in [-0.2, -0.15) is 5.10 Å². The third-order valence-corrected chi connectivity index (χ3v) is 3.90. The molecule has 1 heterocycles. The molecule has 0 aliphatic carbocycles. The van der Waals surface area contributed by atoms with E-state index in [2.05, 4.69) is 61.9 Å². The van der Waals surface area contributed by atoms with Crippen molar-refractivity contribution in [2.24, 2.45) is 0 Å². The lowest BCUT2D eigenvalue weighted by molar-refractivity contribution is 0.293. The summed E-state index contributed by atoms with van der Waals surface area (Å²) in [5, 5.41) is 4.63. The van der Waals surface area contributed by atoms with Crippen molar-refractivity contribution in [3.8, 4) is 5.75 Å². The Morgan fingerprint density at radius 3 is 2.48 bits per heavy atom. The lowest BCUT2D eigenvalue weighted by Crippen LogP contribution is -2.08. The van der Waals surface area contributed by atoms with Crippen molar-refractivity contribution in [1.82, 2.24) is 9.78 Å². The minimum atomic E-state index is 0.461. The van der Waals surface area contributed by atoms with Crippen LogP contribution in [0.4, 0.5) is 0 Å². The maximum atomic E-state index is 5.97. The molecule has 114 valence electrons. The van der Waals surface area contributed by atoms with E-state index in [4.69, 9.17) is 4.74 Å². The number of benzene rings is 1. The summed E-state index contributed by atoms with van der Waals surface area (Å²) in [5.74, 6) is 1.42. The number of hydrogen-bond acceptors (Lipinski definition) is 2. The van der Waals surface area contributed by atoms with Crippen LogP contribution in [0, 0.1) is 0 Å². The molecule has 3 heteroatoms. The second kappa shape index (κ2) is 7.30. The predicted octanol–water partition coefficient (Wildman–Crippen LogP) is 4.95. The van der Waals surface area contributed by atoms with Crippen LogP contribution in [-0.2, 0) is 6.61 Å². The molecule has 0 N–H and O–H groups in total. The maximum Gasteiger partial charge on any atom is 0.132 e. The SMILES string of the molecule is CCC(CC)n1ccc(COc2ccccc2C(C)C)n1. The molecule has 1 aromatic heterocycles. The van der Waals surface area contributed by atoms with E-state index in [-0.39, 0.29) is 0 Å². The zero-order valence-electron chi connectivity index (χ0n) is 13.5. The summed E-state index contributed by atoms with van der Waals surface area (Å²) in [6, 6.07) is 10.8. The van der Waals surface area contributed by atoms with Gasteiger partial charge >= 0.3 is 0 Å². The number of hydrogen-bond donors (Lipinski definition) is 0. The first kappa shape index (κ1) is 15.6. The van der Waals surface area contributed by atoms with Crippen LogP contribution in [0.1, 0.15) is 63.8 Å². The molecule has 0 radical (unpaired) electrons. The first-order chi connectivity index (χ1) is 10.2. The number of rotatable bonds is 7. The summed E-state index contributed by atoms with van der Waals surface area (Å²) in [5.41, 5.74) is 2.23. The molecule has 0 fully saturated rings. The van der Waals surface area contributed by atoms with E-state index in [1.165, 1.54) is 5.56 Å². The number of aromatic nitrogens is 2. The molecular formula is C18H26N2O. The fraction of sp³-hybridized carbons (Fsp3) is 0.500. The second-order valence-electron chi connectivity index (χ2n) is 5.74. The fourth-order valence-electron chi connectivity index (χ4n) is 2.56. The van der Waals surface area contributed by atoms with E-state index in [1.54, 1.807) is 0 Å². The molecule has 0 aliphatic rings. The Balaban J connectivity index is 2.04. The van der Waals surface area contributed by atoms with Gasteiger partial charge in [-0.15, -0.1) is 0 Å². The summed E-state index contributed by atoms with van der Waals surface area (Å²) >= 11 is 0. The van der Waals surface area contributed by atoms with Crippen molar-refractivity contribution in [3.63, 3.8) is 0 Å². The molecular weight excluding hydrogens is 260 g/mol. The van der Waals surface area contributed by atoms with Gasteiger partial charge in [0.1, 0.15) is 12.4 Å². The van der Waals surface area contributed by atoms with Crippen LogP contribution in [0.2, 0.25) is 0 Å². The third kappa shape index (κ3) is 3.87. The van der Waals surface area contributed by atoms with Gasteiger partial charge in [-0.1, -0.05) is 45.9 Å². The summed E-state index contributed by atoms with van der Waals surface area (Å²) in [7, 11) is 0. The lowest BCUT2D eigenvalue weighted by atomic mass is 10.0. The smallest absolute Gasteiger partial charge is 0.132 e. The number of para-hydroxylation sites is 1. The molecule has 0 saturated carbocycles. The van der Waals surface area contributed by atoms with Gasteiger partial charge in [0.05, 0.1) is 11.7 Å². The van der Waals surface area contributed by atoms with E-state index in [0.717, 1.165) is 24.3 Å². The van der Waals surface area contributed by atoms with Gasteiger partial charge in [-0.3, -0.25) is 4.68 Å². The Labute approximate surface area is 127 Å². The summed E-state index contributed by atoms with van der Waals surface area (Å²) in [4.78, 5) is 0. The molecule has 2 aromatic rings. The van der Waals surface area contributed by atoms with E-state index >= 15 is 0 Å². The zero-order valence-corrected chi connectivity index (χ0v) is 13.5. The third-order valence-electron chi connectivity index (χ3n) is 3.90. The van der Waals surface area contributed by atoms with E-state index in [0.29, 0.717) is 18.6 Å². The Morgan fingerprint density at radius 2 is 1.81 bits per heavy atom. The van der Waals surface area contributed by atoms with Crippen LogP contribution < -0.4 is 4.74 Å². The van der Waals surface area contributed by atoms with Crippen molar-refractivity contribution in [2.45, 2.75) is 59.1 Å². The van der Waals surface area contributed by atoms with E-state index in [9.17, 15) is 0 Å². The van der Waals surface area contributed by atoms with Gasteiger partial charge < -0.3 is 4.74 Å². The summed E-state index contributed by atoms with van der Waals surface area (Å²) in [6.45, 7) is 9.29. The van der Waals surface area contributed by atoms with Crippen molar-refractivity contribution >= 4 is 0 Å². The molecule has 0 saturated heterocycles. The van der Waals surface area contributed by atoms with Crippen LogP contribution in [0.3, 0.4) is 0 Å². The topological polar surface area (TPSA) is 27.1 Å². The summed E-state index contributed by atoms with van der Waals surface area (Å²) in [6.07, 6.45) is 4.27. The monoisotopic (exact) mass is 286 g/mol. The fourth-order valence-corrected chi connectivity index (χ4v) is 2.56. The Kier molecular flexibility index (Phi) is 5.43. The van der Waals surface area contributed by atoms with Gasteiger partial charge in [0.25, 0.3) is 0 Å². The highest BCUT2D eigenvalue weighted by molar-refractivity contribution is 5.35. The molecule has 3 nitrogen and oxygen atoms in total. The molecule has 0 aliphatic heterocycles. The van der Waals surface area contributed by atoms with Gasteiger partial charge in [-0.05, 0) is 36.5 Å². The minimum Gasteiger partial charge on any atom is -0.487 e. The quantitative estimate of drug-likeness (QED) is 0.720. The molecule has 0 amide bonds. The van der Waals surface area contributed by atoms with Crippen LogP contribution in [0.5, 0.6) is 5.75 Å². The predicted molar refractivity (Wildman–Crippen MR) is 86.7 cm³/mol. The first-order valence-electron chi connectivity index (χ1n) is 7.91. The van der Waals surface area contributed by atoms with Crippen LogP contribution >= 0.6 is 0 Å². The maximum absolute atomic E-state index is 5.97. The highest BCUT2D eigenvalue weighted by atomic mass is 16.5. The van der Waals surface area contributed by atoms with Crippen molar-refractivity contribution < 1.29 is 4.74 Å². The first-order valence-corrected chi connectivity index (χ1v) is 7.91. The minimum absolute atomic E-state index is 0.461. The van der Waals surface area contributed by atoms with Gasteiger partial charge in [0.2, 0.25) is 0 Å². The van der Waals surface area contributed by atoms with Crippen LogP contribution in [0.15, 0.2) is 36.5 Å². The van der Waals surface area contributed by atoms with E-state index in [1.807, 2.05) is 12.1 Å². The molecule has 21 heavy (non-hydrogen) atoms. The molecule has 0 spiro atoms. The van der Waals surface area contributed by atoms with Crippen molar-refractivity contribution in [3.05, 3.63) is 47.8 Å². The lowest BCUT2D eigenvalue weighted by Gasteiger charge is -2.14. The van der Waals surface area contributed by atoms with Gasteiger partial charge in [0.15, 0.2) is 0 Å². The normalized spacial score (nSPS) is 11.3. The average molecular weight is 286 g/mol. The number of nitrogens with zero attached hydrogens (tertiary/aromatic N) is 2. The van der Waals surface area contributed by atoms with Crippen LogP contribution in [-0.4, -0.2) is 9.78 Å². The van der Waals surface area contributed by atoms with E-state index < -0.39 is 0 Å². The summed E-state index contributed by atoms with van der Waals surface area (Å²) < 4.78 is 8.03. The average Bonchev–Trinajstić information content (AvgIpc) is 2.95. The van der Waals surface area contributed by atoms with Crippen LogP contribution in [0.25, 0.3) is 0 Å². The Morgan fingerprint density at radius 1 is 1.10 bits per heavy atom. The molecule has 2 rings (SSSR count). The molecule has 0 atom stereocenters. The zero-order chi connectivity index (χ0) is 15.2. The van der Waals surface area contributed by atoms with Crippen molar-refractivity contribution in [1.29, 1.82) is 0 Å². The molecule has 0 bridgehead atoms. The largest absolute Gasteiger partial charge is 0.487 e. The molecule has 1 aromatic carbocycles. The molecule has 0 unspecified atom stereocenters. The number of ether oxygens (including phenoxy) is 1. The highest BCUT2D eigenvalue weighted by Gasteiger charge is 2.10. The Hall–Kier alpha value is -1.77. The second-order valence-corrected chi connectivity index (χ2v) is 5.74. The highest BCUT2D eigenvalue weighted by Crippen LogP contribution is 2.26.